The first-order chi connectivity index (χ1) is 5.02. The predicted molar refractivity (Wildman–Crippen MR) is 61.2 cm³/mol. The predicted octanol–water partition coefficient (Wildman–Crippen LogP) is 4.12. The molecule has 0 nitrogen and oxygen atoms in total. The highest BCUT2D eigenvalue weighted by atomic mass is 127. The standard InChI is InChI=1S/C9H10BrI/c1-9(2,11)7-5-3-4-6-8(7)10/h3-6H,1-2H3. The lowest BCUT2D eigenvalue weighted by molar-refractivity contribution is 0.821. The summed E-state index contributed by atoms with van der Waals surface area (Å²) in [6.07, 6.45) is 0. The van der Waals surface area contributed by atoms with Gasteiger partial charge >= 0.3 is 0 Å². The Kier molecular flexibility index (Phi) is 2.97. The Morgan fingerprint density at radius 3 is 2.18 bits per heavy atom. The first-order valence-corrected chi connectivity index (χ1v) is 5.33. The molecule has 0 amide bonds. The Hall–Kier alpha value is 0.430. The molecular formula is C9H10BrI. The van der Waals surface area contributed by atoms with Crippen LogP contribution in [0.5, 0.6) is 0 Å². The van der Waals surface area contributed by atoms with Gasteiger partial charge in [-0.3, -0.25) is 0 Å². The molecule has 0 N–H and O–H groups in total. The van der Waals surface area contributed by atoms with E-state index in [1.54, 1.807) is 0 Å². The van der Waals surface area contributed by atoms with Crippen molar-refractivity contribution in [3.05, 3.63) is 34.3 Å². The van der Waals surface area contributed by atoms with Crippen molar-refractivity contribution in [2.45, 2.75) is 17.3 Å². The van der Waals surface area contributed by atoms with Crippen LogP contribution in [0.15, 0.2) is 28.7 Å². The van der Waals surface area contributed by atoms with Gasteiger partial charge in [-0.1, -0.05) is 56.7 Å². The number of benzene rings is 1. The van der Waals surface area contributed by atoms with Gasteiger partial charge in [0.2, 0.25) is 0 Å². The molecule has 0 aliphatic carbocycles. The summed E-state index contributed by atoms with van der Waals surface area (Å²) in [4.78, 5) is 0. The summed E-state index contributed by atoms with van der Waals surface area (Å²) in [5.74, 6) is 0. The second-order valence-electron chi connectivity index (χ2n) is 2.95. The van der Waals surface area contributed by atoms with Gasteiger partial charge in [0.05, 0.1) is 0 Å². The van der Waals surface area contributed by atoms with E-state index in [-0.39, 0.29) is 3.42 Å². The Labute approximate surface area is 89.7 Å². The summed E-state index contributed by atoms with van der Waals surface area (Å²) >= 11 is 5.97. The molecule has 1 aromatic carbocycles. The van der Waals surface area contributed by atoms with Crippen LogP contribution in [0, 0.1) is 0 Å². The summed E-state index contributed by atoms with van der Waals surface area (Å²) in [5, 5.41) is 0. The number of alkyl halides is 1. The first-order valence-electron chi connectivity index (χ1n) is 3.46. The van der Waals surface area contributed by atoms with Crippen LogP contribution < -0.4 is 0 Å². The van der Waals surface area contributed by atoms with Crippen molar-refractivity contribution in [1.82, 2.24) is 0 Å². The molecule has 0 saturated heterocycles. The van der Waals surface area contributed by atoms with E-state index in [1.165, 1.54) is 10.0 Å². The molecule has 0 atom stereocenters. The topological polar surface area (TPSA) is 0 Å². The number of rotatable bonds is 1. The first kappa shape index (κ1) is 9.52. The van der Waals surface area contributed by atoms with E-state index in [0.29, 0.717) is 0 Å². The lowest BCUT2D eigenvalue weighted by Gasteiger charge is -2.18. The second-order valence-corrected chi connectivity index (χ2v) is 6.50. The smallest absolute Gasteiger partial charge is 0.0425 e. The van der Waals surface area contributed by atoms with Gasteiger partial charge in [0.1, 0.15) is 0 Å². The van der Waals surface area contributed by atoms with Crippen LogP contribution in [0.25, 0.3) is 0 Å². The van der Waals surface area contributed by atoms with Crippen molar-refractivity contribution in [3.8, 4) is 0 Å². The van der Waals surface area contributed by atoms with Crippen LogP contribution in [0.2, 0.25) is 0 Å². The molecule has 0 aliphatic heterocycles. The van der Waals surface area contributed by atoms with E-state index in [2.05, 4.69) is 70.6 Å². The maximum atomic E-state index is 3.53. The zero-order valence-corrected chi connectivity index (χ0v) is 10.3. The van der Waals surface area contributed by atoms with Crippen molar-refractivity contribution in [1.29, 1.82) is 0 Å². The van der Waals surface area contributed by atoms with Crippen LogP contribution in [-0.4, -0.2) is 0 Å². The zero-order chi connectivity index (χ0) is 8.48. The van der Waals surface area contributed by atoms with Gasteiger partial charge in [-0.25, -0.2) is 0 Å². The normalized spacial score (nSPS) is 11.6. The van der Waals surface area contributed by atoms with Crippen LogP contribution >= 0.6 is 38.5 Å². The highest BCUT2D eigenvalue weighted by molar-refractivity contribution is 14.1. The zero-order valence-electron chi connectivity index (χ0n) is 6.57. The van der Waals surface area contributed by atoms with Gasteiger partial charge in [0.25, 0.3) is 0 Å². The molecule has 0 heterocycles. The van der Waals surface area contributed by atoms with E-state index in [9.17, 15) is 0 Å². The number of hydrogen-bond acceptors (Lipinski definition) is 0. The second kappa shape index (κ2) is 3.44. The number of hydrogen-bond donors (Lipinski definition) is 0. The summed E-state index contributed by atoms with van der Waals surface area (Å²) in [5.41, 5.74) is 1.35. The van der Waals surface area contributed by atoms with Gasteiger partial charge in [-0.15, -0.1) is 0 Å². The molecule has 2 heteroatoms. The van der Waals surface area contributed by atoms with Gasteiger partial charge in [-0.05, 0) is 25.5 Å². The minimum atomic E-state index is 0.206. The van der Waals surface area contributed by atoms with E-state index in [4.69, 9.17) is 0 Å². The third-order valence-corrected chi connectivity index (χ3v) is 2.79. The van der Waals surface area contributed by atoms with Gasteiger partial charge in [0.15, 0.2) is 0 Å². The largest absolute Gasteiger partial charge is 0.0742 e. The highest BCUT2D eigenvalue weighted by Crippen LogP contribution is 2.35. The molecule has 0 bridgehead atoms. The quantitative estimate of drug-likeness (QED) is 0.538. The molecule has 0 radical (unpaired) electrons. The molecule has 0 saturated carbocycles. The molecule has 0 unspecified atom stereocenters. The monoisotopic (exact) mass is 324 g/mol. The minimum Gasteiger partial charge on any atom is -0.0742 e. The van der Waals surface area contributed by atoms with E-state index >= 15 is 0 Å². The van der Waals surface area contributed by atoms with Crippen LogP contribution in [0.4, 0.5) is 0 Å². The maximum Gasteiger partial charge on any atom is 0.0425 e. The third-order valence-electron chi connectivity index (χ3n) is 1.51. The Morgan fingerprint density at radius 2 is 1.82 bits per heavy atom. The SMILES string of the molecule is CC(C)(I)c1ccccc1Br. The van der Waals surface area contributed by atoms with Crippen LogP contribution in [0.1, 0.15) is 19.4 Å². The van der Waals surface area contributed by atoms with Crippen molar-refractivity contribution in [3.63, 3.8) is 0 Å². The average molecular weight is 325 g/mol. The molecule has 1 rings (SSSR count). The van der Waals surface area contributed by atoms with E-state index in [1.807, 2.05) is 6.07 Å². The van der Waals surface area contributed by atoms with Crippen molar-refractivity contribution in [2.75, 3.05) is 0 Å². The molecule has 0 fully saturated rings. The van der Waals surface area contributed by atoms with Gasteiger partial charge in [-0.2, -0.15) is 0 Å². The lowest BCUT2D eigenvalue weighted by Crippen LogP contribution is -2.06. The van der Waals surface area contributed by atoms with Gasteiger partial charge in [0, 0.05) is 7.89 Å². The minimum absolute atomic E-state index is 0.206. The molecule has 0 spiro atoms. The highest BCUT2D eigenvalue weighted by Gasteiger charge is 2.17. The fourth-order valence-corrected chi connectivity index (χ4v) is 2.56. The maximum absolute atomic E-state index is 3.53. The van der Waals surface area contributed by atoms with E-state index < -0.39 is 0 Å². The fourth-order valence-electron chi connectivity index (χ4n) is 0.943. The lowest BCUT2D eigenvalue weighted by atomic mass is 10.0. The summed E-state index contributed by atoms with van der Waals surface area (Å²) < 4.78 is 1.40. The Bertz CT molecular complexity index is 250. The average Bonchev–Trinajstić information content (AvgIpc) is 1.86. The number of halogens is 2. The molecule has 0 aromatic heterocycles. The third kappa shape index (κ3) is 2.44. The van der Waals surface area contributed by atoms with E-state index in [0.717, 1.165) is 0 Å². The van der Waals surface area contributed by atoms with Crippen molar-refractivity contribution in [2.24, 2.45) is 0 Å². The molecular weight excluding hydrogens is 315 g/mol. The molecule has 60 valence electrons. The summed E-state index contributed by atoms with van der Waals surface area (Å²) in [6, 6.07) is 8.34. The molecule has 11 heavy (non-hydrogen) atoms. The molecule has 1 aromatic rings. The Balaban J connectivity index is 3.14. The van der Waals surface area contributed by atoms with Crippen LogP contribution in [-0.2, 0) is 3.42 Å². The Morgan fingerprint density at radius 1 is 1.27 bits per heavy atom. The molecule has 0 aliphatic rings. The summed E-state index contributed by atoms with van der Waals surface area (Å²) in [6.45, 7) is 4.40. The van der Waals surface area contributed by atoms with Crippen LogP contribution in [0.3, 0.4) is 0 Å². The fraction of sp³-hybridized carbons (Fsp3) is 0.333. The van der Waals surface area contributed by atoms with Gasteiger partial charge < -0.3 is 0 Å². The summed E-state index contributed by atoms with van der Waals surface area (Å²) in [7, 11) is 0. The van der Waals surface area contributed by atoms with Crippen molar-refractivity contribution >= 4 is 38.5 Å². The van der Waals surface area contributed by atoms with Crippen molar-refractivity contribution < 1.29 is 0 Å².